The van der Waals surface area contributed by atoms with Gasteiger partial charge in [0.1, 0.15) is 0 Å². The molecule has 0 aromatic carbocycles. The van der Waals surface area contributed by atoms with Gasteiger partial charge in [0.2, 0.25) is 0 Å². The highest BCUT2D eigenvalue weighted by Gasteiger charge is 2.32. The van der Waals surface area contributed by atoms with Crippen LogP contribution in [-0.4, -0.2) is 16.4 Å². The maximum Gasteiger partial charge on any atom is 0.479 e. The average Bonchev–Trinajstić information content (AvgIpc) is 1.60. The molecule has 0 amide bonds. The van der Waals surface area contributed by atoms with Crippen molar-refractivity contribution in [3.8, 4) is 0 Å². The first-order valence-electron chi connectivity index (χ1n) is 3.58. The molecule has 0 aliphatic carbocycles. The molecule has 10 heavy (non-hydrogen) atoms. The lowest BCUT2D eigenvalue weighted by molar-refractivity contribution is 0.0361. The van der Waals surface area contributed by atoms with Gasteiger partial charge in [-0.2, -0.15) is 0 Å². The highest BCUT2D eigenvalue weighted by Crippen LogP contribution is 2.19. The monoisotopic (exact) mass is 145 g/mol. The molecule has 0 radical (unpaired) electrons. The van der Waals surface area contributed by atoms with Gasteiger partial charge in [-0.25, -0.2) is 0 Å². The fourth-order valence-electron chi connectivity index (χ4n) is 0.499. The van der Waals surface area contributed by atoms with Crippen molar-refractivity contribution in [1.82, 2.24) is 0 Å². The van der Waals surface area contributed by atoms with Crippen molar-refractivity contribution in [2.24, 2.45) is 5.92 Å². The van der Waals surface area contributed by atoms with Crippen molar-refractivity contribution in [3.05, 3.63) is 0 Å². The number of hydrogen-bond acceptors (Lipinski definition) is 1. The van der Waals surface area contributed by atoms with E-state index in [1.165, 1.54) is 0 Å². The molecule has 0 aliphatic rings. The zero-order valence-electron chi connectivity index (χ0n) is 7.43. The van der Waals surface area contributed by atoms with E-state index in [2.05, 4.69) is 13.8 Å². The molecule has 0 saturated carbocycles. The number of ether oxygens (including phenoxy) is 1. The number of rotatable bonds is 2. The molecule has 0 aromatic heterocycles. The van der Waals surface area contributed by atoms with Crippen molar-refractivity contribution >= 4 is 5.97 Å². The van der Waals surface area contributed by atoms with Gasteiger partial charge < -0.3 is 9.53 Å². The summed E-state index contributed by atoms with van der Waals surface area (Å²) < 4.78 is 5.17. The summed E-state index contributed by atoms with van der Waals surface area (Å²) >= 11 is 0. The van der Waals surface area contributed by atoms with Crippen LogP contribution in [-0.2, 0) is 4.74 Å². The fraction of sp³-hybridized carbons (Fsp3) is 0.875. The van der Waals surface area contributed by atoms with Crippen LogP contribution in [0.25, 0.3) is 0 Å². The zero-order chi connectivity index (χ0) is 8.36. The van der Waals surface area contributed by atoms with Gasteiger partial charge >= 0.3 is 5.97 Å². The van der Waals surface area contributed by atoms with E-state index in [0.717, 1.165) is 0 Å². The summed E-state index contributed by atoms with van der Waals surface area (Å²) in [5.74, 6) is 0.438. The average molecular weight is 145 g/mol. The molecule has 0 bridgehead atoms. The second kappa shape index (κ2) is 3.04. The van der Waals surface area contributed by atoms with Gasteiger partial charge in [-0.3, -0.25) is 0 Å². The van der Waals surface area contributed by atoms with Crippen molar-refractivity contribution in [2.45, 2.75) is 40.2 Å². The first-order chi connectivity index (χ1) is 4.36. The SMILES string of the molecule is CC(=[OH+])OC(C)(C)C(C)C. The van der Waals surface area contributed by atoms with Crippen LogP contribution in [0.4, 0.5) is 0 Å². The van der Waals surface area contributed by atoms with Crippen LogP contribution in [0.15, 0.2) is 0 Å². The number of hydrogen-bond donors (Lipinski definition) is 0. The molecule has 0 fully saturated rings. The van der Waals surface area contributed by atoms with Crippen molar-refractivity contribution in [3.63, 3.8) is 0 Å². The molecule has 2 heteroatoms. The quantitative estimate of drug-likeness (QED) is 0.431. The van der Waals surface area contributed by atoms with E-state index < -0.39 is 0 Å². The Labute approximate surface area is 62.6 Å². The van der Waals surface area contributed by atoms with Crippen molar-refractivity contribution in [2.75, 3.05) is 0 Å². The molecule has 0 saturated heterocycles. The van der Waals surface area contributed by atoms with Crippen LogP contribution in [0.3, 0.4) is 0 Å². The third kappa shape index (κ3) is 2.85. The minimum absolute atomic E-state index is 0.0405. The summed E-state index contributed by atoms with van der Waals surface area (Å²) in [5.41, 5.74) is -0.265. The second-order valence-corrected chi connectivity index (χ2v) is 3.38. The molecule has 60 valence electrons. The summed E-state index contributed by atoms with van der Waals surface area (Å²) in [5, 5.41) is 0. The molecule has 0 spiro atoms. The zero-order valence-corrected chi connectivity index (χ0v) is 7.43. The molecular formula is C8H17O2+. The van der Waals surface area contributed by atoms with E-state index in [4.69, 9.17) is 9.53 Å². The largest absolute Gasteiger partial charge is 0.479 e. The van der Waals surface area contributed by atoms with Crippen molar-refractivity contribution in [1.29, 1.82) is 0 Å². The summed E-state index contributed by atoms with van der Waals surface area (Å²) in [6.45, 7) is 9.57. The smallest absolute Gasteiger partial charge is 0.339 e. The molecule has 0 unspecified atom stereocenters. The Kier molecular flexibility index (Phi) is 2.88. The van der Waals surface area contributed by atoms with Crippen LogP contribution in [0.1, 0.15) is 34.6 Å². The Hall–Kier alpha value is -0.530. The van der Waals surface area contributed by atoms with Crippen LogP contribution in [0, 0.1) is 5.92 Å². The Morgan fingerprint density at radius 3 is 1.90 bits per heavy atom. The topological polar surface area (TPSA) is 30.6 Å². The summed E-state index contributed by atoms with van der Waals surface area (Å²) in [4.78, 5) is 8.83. The molecular weight excluding hydrogens is 128 g/mol. The first-order valence-corrected chi connectivity index (χ1v) is 3.58. The Morgan fingerprint density at radius 2 is 1.80 bits per heavy atom. The molecule has 0 rings (SSSR count). The molecule has 2 nitrogen and oxygen atoms in total. The van der Waals surface area contributed by atoms with E-state index in [0.29, 0.717) is 5.92 Å². The molecule has 1 N–H and O–H groups in total. The van der Waals surface area contributed by atoms with Gasteiger partial charge in [0, 0.05) is 19.8 Å². The first kappa shape index (κ1) is 9.47. The Balaban J connectivity index is 3.99. The number of carbonyl (C=O) groups excluding carboxylic acids is 1. The predicted octanol–water partition coefficient (Wildman–Crippen LogP) is 1.96. The van der Waals surface area contributed by atoms with Gasteiger partial charge in [0.05, 0.1) is 6.92 Å². The second-order valence-electron chi connectivity index (χ2n) is 3.38. The summed E-state index contributed by atoms with van der Waals surface area (Å²) in [7, 11) is 0. The maximum atomic E-state index is 8.83. The van der Waals surface area contributed by atoms with Gasteiger partial charge in [0.25, 0.3) is 0 Å². The van der Waals surface area contributed by atoms with Gasteiger partial charge in [-0.15, -0.1) is 0 Å². The lowest BCUT2D eigenvalue weighted by atomic mass is 9.95. The van der Waals surface area contributed by atoms with E-state index in [1.54, 1.807) is 6.92 Å². The molecule has 0 aliphatic heterocycles. The van der Waals surface area contributed by atoms with E-state index >= 15 is 0 Å². The highest BCUT2D eigenvalue weighted by molar-refractivity contribution is 5.67. The Morgan fingerprint density at radius 1 is 1.40 bits per heavy atom. The lowest BCUT2D eigenvalue weighted by Crippen LogP contribution is -2.32. The van der Waals surface area contributed by atoms with E-state index in [9.17, 15) is 0 Å². The maximum absolute atomic E-state index is 8.83. The Bertz CT molecular complexity index is 125. The van der Waals surface area contributed by atoms with Gasteiger partial charge in [-0.1, -0.05) is 13.8 Å². The minimum Gasteiger partial charge on any atom is -0.339 e. The summed E-state index contributed by atoms with van der Waals surface area (Å²) in [6.07, 6.45) is 0. The van der Waals surface area contributed by atoms with Crippen LogP contribution >= 0.6 is 0 Å². The standard InChI is InChI=1S/C8H16O2/c1-6(2)8(4,5)10-7(3)9/h6H,1-5H3/p+1. The van der Waals surface area contributed by atoms with Gasteiger partial charge in [0.15, 0.2) is 5.60 Å². The third-order valence-electron chi connectivity index (χ3n) is 1.80. The van der Waals surface area contributed by atoms with Crippen LogP contribution in [0.2, 0.25) is 0 Å². The summed E-state index contributed by atoms with van der Waals surface area (Å²) in [6, 6.07) is 0. The lowest BCUT2D eigenvalue weighted by Gasteiger charge is -2.20. The molecule has 0 heterocycles. The third-order valence-corrected chi connectivity index (χ3v) is 1.80. The number of esters is 1. The normalized spacial score (nSPS) is 11.8. The van der Waals surface area contributed by atoms with Crippen LogP contribution < -0.4 is 0 Å². The minimum atomic E-state index is -0.265. The van der Waals surface area contributed by atoms with Crippen molar-refractivity contribution < 1.29 is 9.53 Å². The van der Waals surface area contributed by atoms with E-state index in [1.807, 2.05) is 13.8 Å². The van der Waals surface area contributed by atoms with Gasteiger partial charge in [-0.05, 0) is 0 Å². The molecule has 0 atom stereocenters. The highest BCUT2D eigenvalue weighted by atomic mass is 16.6. The molecule has 0 aromatic rings. The van der Waals surface area contributed by atoms with Crippen LogP contribution in [0.5, 0.6) is 0 Å². The van der Waals surface area contributed by atoms with E-state index in [-0.39, 0.29) is 11.6 Å². The fourth-order valence-corrected chi connectivity index (χ4v) is 0.499. The predicted molar refractivity (Wildman–Crippen MR) is 42.6 cm³/mol.